The first-order valence-corrected chi connectivity index (χ1v) is 5.67. The van der Waals surface area contributed by atoms with Crippen LogP contribution in [0.25, 0.3) is 0 Å². The molecule has 0 saturated carbocycles. The molecular weight excluding hydrogens is 238 g/mol. The summed E-state index contributed by atoms with van der Waals surface area (Å²) in [5.74, 6) is 0.295. The first-order chi connectivity index (χ1) is 8.67. The molecule has 2 heterocycles. The minimum atomic E-state index is -0.510. The molecule has 1 fully saturated rings. The van der Waals surface area contributed by atoms with Crippen molar-refractivity contribution in [3.63, 3.8) is 0 Å². The van der Waals surface area contributed by atoms with Gasteiger partial charge in [0.25, 0.3) is 5.56 Å². The molecule has 0 bridgehead atoms. The molecule has 1 aromatic heterocycles. The summed E-state index contributed by atoms with van der Waals surface area (Å²) in [4.78, 5) is 10.9. The second-order valence-corrected chi connectivity index (χ2v) is 3.73. The highest BCUT2D eigenvalue weighted by Crippen LogP contribution is 2.02. The zero-order valence-electron chi connectivity index (χ0n) is 9.93. The number of hydrogen-bond acceptors (Lipinski definition) is 8. The van der Waals surface area contributed by atoms with Gasteiger partial charge in [-0.2, -0.15) is 0 Å². The third kappa shape index (κ3) is 3.48. The quantitative estimate of drug-likeness (QED) is 0.344. The van der Waals surface area contributed by atoms with Crippen LogP contribution in [0.1, 0.15) is 6.92 Å². The molecule has 1 saturated heterocycles. The highest BCUT2D eigenvalue weighted by Gasteiger charge is 2.25. The number of nitrogens with two attached hydrogens (primary N) is 1. The number of nitrogens with one attached hydrogen (secondary N) is 5. The summed E-state index contributed by atoms with van der Waals surface area (Å²) in [5.41, 5.74) is 5.48. The number of rotatable bonds is 4. The van der Waals surface area contributed by atoms with E-state index >= 15 is 0 Å². The second-order valence-electron chi connectivity index (χ2n) is 3.73. The van der Waals surface area contributed by atoms with Crippen LogP contribution in [0.15, 0.2) is 16.9 Å². The fourth-order valence-electron chi connectivity index (χ4n) is 1.55. The maximum atomic E-state index is 10.9. The van der Waals surface area contributed by atoms with Crippen molar-refractivity contribution in [1.82, 2.24) is 31.5 Å². The molecule has 7 N–H and O–H groups in total. The highest BCUT2D eigenvalue weighted by atomic mass is 16.5. The monoisotopic (exact) mass is 255 g/mol. The third-order valence-electron chi connectivity index (χ3n) is 2.30. The third-order valence-corrected chi connectivity index (χ3v) is 2.30. The minimum Gasteiger partial charge on any atom is -0.444 e. The van der Waals surface area contributed by atoms with Gasteiger partial charge in [0.05, 0.1) is 0 Å². The van der Waals surface area contributed by atoms with Crippen LogP contribution >= 0.6 is 0 Å². The van der Waals surface area contributed by atoms with E-state index in [1.165, 1.54) is 12.1 Å². The van der Waals surface area contributed by atoms with Gasteiger partial charge in [-0.05, 0) is 6.54 Å². The maximum absolute atomic E-state index is 10.9. The zero-order chi connectivity index (χ0) is 13.0. The number of nitrogens with zero attached hydrogens (tertiary/aromatic N) is 1. The largest absolute Gasteiger partial charge is 0.444 e. The molecule has 0 aliphatic carbocycles. The average molecular weight is 255 g/mol. The Balaban J connectivity index is 1.95. The van der Waals surface area contributed by atoms with Gasteiger partial charge in [0, 0.05) is 12.1 Å². The van der Waals surface area contributed by atoms with E-state index in [-0.39, 0.29) is 11.8 Å². The average Bonchev–Trinajstić information content (AvgIpc) is 2.32. The van der Waals surface area contributed by atoms with E-state index in [4.69, 9.17) is 10.5 Å². The van der Waals surface area contributed by atoms with Gasteiger partial charge in [-0.15, -0.1) is 5.10 Å². The molecule has 0 aromatic carbocycles. The zero-order valence-corrected chi connectivity index (χ0v) is 9.93. The van der Waals surface area contributed by atoms with Crippen molar-refractivity contribution in [3.8, 4) is 5.88 Å². The predicted octanol–water partition coefficient (Wildman–Crippen LogP) is -2.65. The number of aromatic nitrogens is 2. The predicted molar refractivity (Wildman–Crippen MR) is 64.1 cm³/mol. The molecule has 2 rings (SSSR count). The van der Waals surface area contributed by atoms with E-state index in [2.05, 4.69) is 31.5 Å². The fraction of sp³-hybridized carbons (Fsp3) is 0.556. The van der Waals surface area contributed by atoms with Crippen molar-refractivity contribution in [3.05, 3.63) is 22.5 Å². The molecule has 1 aliphatic rings. The molecule has 0 radical (unpaired) electrons. The lowest BCUT2D eigenvalue weighted by molar-refractivity contribution is 0.0365. The smallest absolute Gasteiger partial charge is 0.264 e. The number of H-pyrrole nitrogens is 1. The molecule has 1 aliphatic heterocycles. The van der Waals surface area contributed by atoms with Crippen LogP contribution in [-0.4, -0.2) is 35.7 Å². The van der Waals surface area contributed by atoms with Crippen LogP contribution in [0.5, 0.6) is 5.88 Å². The highest BCUT2D eigenvalue weighted by molar-refractivity contribution is 5.06. The van der Waals surface area contributed by atoms with Crippen molar-refractivity contribution >= 4 is 0 Å². The summed E-state index contributed by atoms with van der Waals surface area (Å²) in [6.45, 7) is 2.76. The van der Waals surface area contributed by atoms with Crippen molar-refractivity contribution in [2.75, 3.05) is 6.54 Å². The molecule has 0 unspecified atom stereocenters. The van der Waals surface area contributed by atoms with Gasteiger partial charge >= 0.3 is 0 Å². The molecule has 9 nitrogen and oxygen atoms in total. The topological polar surface area (TPSA) is 129 Å². The van der Waals surface area contributed by atoms with Gasteiger partial charge < -0.3 is 10.5 Å². The van der Waals surface area contributed by atoms with Crippen LogP contribution in [0.2, 0.25) is 0 Å². The summed E-state index contributed by atoms with van der Waals surface area (Å²) >= 11 is 0. The van der Waals surface area contributed by atoms with E-state index in [0.717, 1.165) is 6.54 Å². The van der Waals surface area contributed by atoms with Crippen molar-refractivity contribution in [2.45, 2.75) is 25.9 Å². The van der Waals surface area contributed by atoms with E-state index in [1.54, 1.807) is 0 Å². The Bertz CT molecular complexity index is 417. The minimum absolute atomic E-state index is 0.168. The first kappa shape index (κ1) is 12.9. The Labute approximate surface area is 103 Å². The maximum Gasteiger partial charge on any atom is 0.264 e. The molecule has 0 amide bonds. The summed E-state index contributed by atoms with van der Waals surface area (Å²) in [5, 5.41) is 18.2. The molecule has 3 atom stereocenters. The number of hydrogen-bond donors (Lipinski definition) is 6. The summed E-state index contributed by atoms with van der Waals surface area (Å²) in [7, 11) is 0. The molecule has 1 aromatic rings. The molecular formula is C9H17N7O2. The molecule has 18 heavy (non-hydrogen) atoms. The van der Waals surface area contributed by atoms with Crippen LogP contribution in [0.3, 0.4) is 0 Å². The van der Waals surface area contributed by atoms with E-state index in [9.17, 15) is 4.79 Å². The Morgan fingerprint density at radius 3 is 2.94 bits per heavy atom. The van der Waals surface area contributed by atoms with Crippen molar-refractivity contribution in [1.29, 1.82) is 0 Å². The lowest BCUT2D eigenvalue weighted by Crippen LogP contribution is -2.74. The van der Waals surface area contributed by atoms with Crippen LogP contribution in [0.4, 0.5) is 0 Å². The van der Waals surface area contributed by atoms with Crippen LogP contribution in [-0.2, 0) is 0 Å². The standard InChI is InChI=1S/C9H17N7O2/c1-2-11-8-12-7(10)13-9(14-8)18-6-4-3-5(17)15-16-6/h3-4,7-9,11-14H,2,10H2,1H3,(H,15,17)/t7-,8+,9+/m0/s1. The van der Waals surface area contributed by atoms with Gasteiger partial charge in [0.1, 0.15) is 12.6 Å². The Morgan fingerprint density at radius 1 is 1.44 bits per heavy atom. The Kier molecular flexibility index (Phi) is 4.23. The Hall–Kier alpha value is -1.52. The second kappa shape index (κ2) is 5.89. The van der Waals surface area contributed by atoms with E-state index in [1.807, 2.05) is 6.92 Å². The van der Waals surface area contributed by atoms with Gasteiger partial charge in [-0.3, -0.25) is 15.4 Å². The van der Waals surface area contributed by atoms with E-state index < -0.39 is 12.6 Å². The van der Waals surface area contributed by atoms with Crippen LogP contribution in [0, 0.1) is 0 Å². The SMILES string of the molecule is CCN[C@@H]1N[C@H](N)N[C@@H](Oc2ccc(=O)[nH]n2)N1. The van der Waals surface area contributed by atoms with Crippen molar-refractivity contribution in [2.24, 2.45) is 5.73 Å². The number of ether oxygens (including phenoxy) is 1. The van der Waals surface area contributed by atoms with Crippen molar-refractivity contribution < 1.29 is 4.74 Å². The molecule has 0 spiro atoms. The summed E-state index contributed by atoms with van der Waals surface area (Å²) < 4.78 is 5.49. The molecule has 100 valence electrons. The van der Waals surface area contributed by atoms with E-state index in [0.29, 0.717) is 5.88 Å². The Morgan fingerprint density at radius 2 is 2.28 bits per heavy atom. The first-order valence-electron chi connectivity index (χ1n) is 5.67. The summed E-state index contributed by atoms with van der Waals surface area (Å²) in [6, 6.07) is 2.82. The lowest BCUT2D eigenvalue weighted by atomic mass is 10.5. The number of aromatic amines is 1. The van der Waals surface area contributed by atoms with Gasteiger partial charge in [-0.25, -0.2) is 15.7 Å². The normalized spacial score (nSPS) is 28.0. The van der Waals surface area contributed by atoms with Gasteiger partial charge in [0.15, 0.2) is 0 Å². The molecule has 9 heteroatoms. The van der Waals surface area contributed by atoms with Crippen LogP contribution < -0.4 is 37.3 Å². The van der Waals surface area contributed by atoms with Gasteiger partial charge in [-0.1, -0.05) is 6.92 Å². The lowest BCUT2D eigenvalue weighted by Gasteiger charge is -2.36. The fourth-order valence-corrected chi connectivity index (χ4v) is 1.55. The van der Waals surface area contributed by atoms with Gasteiger partial charge in [0.2, 0.25) is 12.2 Å². The summed E-state index contributed by atoms with van der Waals surface area (Å²) in [6.07, 6.45) is -1.09.